The number of alkyl halides is 6. The number of halogens is 6. The summed E-state index contributed by atoms with van der Waals surface area (Å²) in [6.45, 7) is -0.123. The summed E-state index contributed by atoms with van der Waals surface area (Å²) in [5.41, 5.74) is -0.233. The van der Waals surface area contributed by atoms with E-state index < -0.39 is 45.5 Å². The van der Waals surface area contributed by atoms with Gasteiger partial charge in [0.15, 0.2) is 9.84 Å². The summed E-state index contributed by atoms with van der Waals surface area (Å²) >= 11 is 0. The fourth-order valence-corrected chi connectivity index (χ4v) is 5.17. The average Bonchev–Trinajstić information content (AvgIpc) is 3.35. The van der Waals surface area contributed by atoms with Crippen LogP contribution in [0, 0.1) is 0 Å². The number of aromatic nitrogens is 3. The molecule has 38 heavy (non-hydrogen) atoms. The molecule has 0 saturated carbocycles. The number of benzene rings is 1. The summed E-state index contributed by atoms with van der Waals surface area (Å²) in [4.78, 5) is 22.1. The molecule has 1 aliphatic rings. The lowest BCUT2D eigenvalue weighted by molar-refractivity contribution is -0.159. The number of aryl methyl sites for hydroxylation is 1. The van der Waals surface area contributed by atoms with Gasteiger partial charge in [-0.25, -0.2) is 8.42 Å². The Morgan fingerprint density at radius 3 is 2.32 bits per heavy atom. The smallest absolute Gasteiger partial charge is 0.340 e. The quantitative estimate of drug-likeness (QED) is 0.416. The highest BCUT2D eigenvalue weighted by atomic mass is 32.2. The molecule has 204 valence electrons. The van der Waals surface area contributed by atoms with E-state index in [0.29, 0.717) is 5.69 Å². The molecule has 2 aromatic heterocycles. The first-order valence-corrected chi connectivity index (χ1v) is 13.1. The number of rotatable bonds is 6. The van der Waals surface area contributed by atoms with E-state index in [1.807, 2.05) is 0 Å². The number of amides is 1. The topological polar surface area (TPSA) is 106 Å². The summed E-state index contributed by atoms with van der Waals surface area (Å²) in [6.07, 6.45) is -8.02. The minimum absolute atomic E-state index is 0.0518. The number of hydrogen-bond acceptors (Lipinski definition) is 7. The molecular weight excluding hydrogens is 542 g/mol. The minimum Gasteiger partial charge on any atom is -0.340 e. The van der Waals surface area contributed by atoms with Crippen molar-refractivity contribution in [3.05, 3.63) is 65.3 Å². The van der Waals surface area contributed by atoms with Gasteiger partial charge in [-0.2, -0.15) is 31.3 Å². The summed E-state index contributed by atoms with van der Waals surface area (Å²) in [7, 11) is -3.29. The van der Waals surface area contributed by atoms with Crippen molar-refractivity contribution < 1.29 is 44.1 Å². The lowest BCUT2D eigenvalue weighted by Crippen LogP contribution is -2.45. The largest absolute Gasteiger partial charge is 0.471 e. The molecule has 1 amide bonds. The molecule has 3 aromatic rings. The van der Waals surface area contributed by atoms with Gasteiger partial charge in [-0.15, -0.1) is 0 Å². The SMILES string of the molecule is O=C([C@H](CCc1ccc(-c2noc(C(F)(F)F)n2)cn1)c1cccc(C(F)(F)F)c1)N1CCS(=O)(=O)CC1. The van der Waals surface area contributed by atoms with E-state index in [-0.39, 0.29) is 54.4 Å². The molecular formula is C23H20F6N4O4S. The predicted molar refractivity (Wildman–Crippen MR) is 120 cm³/mol. The molecule has 1 saturated heterocycles. The Hall–Kier alpha value is -3.49. The standard InChI is InChI=1S/C23H20F6N4O4S/c24-22(25,26)16-3-1-2-14(12-16)18(20(34)33-8-10-38(35,36)11-9-33)7-6-17-5-4-15(13-30-17)19-31-21(37-32-19)23(27,28)29/h1-5,12-13,18H,6-11H2/t18-/m1/s1. The Morgan fingerprint density at radius 2 is 1.74 bits per heavy atom. The molecule has 1 fully saturated rings. The molecule has 3 heterocycles. The molecule has 15 heteroatoms. The second-order valence-electron chi connectivity index (χ2n) is 8.65. The second-order valence-corrected chi connectivity index (χ2v) is 11.0. The van der Waals surface area contributed by atoms with Crippen molar-refractivity contribution in [3.8, 4) is 11.4 Å². The molecule has 0 radical (unpaired) electrons. The van der Waals surface area contributed by atoms with E-state index in [2.05, 4.69) is 19.6 Å². The lowest BCUT2D eigenvalue weighted by atomic mass is 9.90. The van der Waals surface area contributed by atoms with Crippen molar-refractivity contribution in [1.82, 2.24) is 20.0 Å². The molecule has 0 unspecified atom stereocenters. The molecule has 0 bridgehead atoms. The van der Waals surface area contributed by atoms with Gasteiger partial charge in [-0.1, -0.05) is 23.4 Å². The highest BCUT2D eigenvalue weighted by Gasteiger charge is 2.38. The zero-order chi connectivity index (χ0) is 27.7. The van der Waals surface area contributed by atoms with Gasteiger partial charge in [-0.3, -0.25) is 9.78 Å². The highest BCUT2D eigenvalue weighted by Crippen LogP contribution is 2.33. The van der Waals surface area contributed by atoms with Crippen LogP contribution in [0.1, 0.15) is 35.1 Å². The Morgan fingerprint density at radius 1 is 1.03 bits per heavy atom. The zero-order valence-electron chi connectivity index (χ0n) is 19.5. The third-order valence-electron chi connectivity index (χ3n) is 6.01. The van der Waals surface area contributed by atoms with E-state index >= 15 is 0 Å². The zero-order valence-corrected chi connectivity index (χ0v) is 20.3. The van der Waals surface area contributed by atoms with E-state index in [4.69, 9.17) is 0 Å². The molecule has 8 nitrogen and oxygen atoms in total. The van der Waals surface area contributed by atoms with Crippen molar-refractivity contribution in [1.29, 1.82) is 0 Å². The van der Waals surface area contributed by atoms with Crippen molar-refractivity contribution >= 4 is 15.7 Å². The normalized spacial score (nSPS) is 16.8. The average molecular weight is 562 g/mol. The maximum absolute atomic E-state index is 13.3. The maximum Gasteiger partial charge on any atom is 0.471 e. The number of hydrogen-bond donors (Lipinski definition) is 0. The number of pyridine rings is 1. The first kappa shape index (κ1) is 27.5. The van der Waals surface area contributed by atoms with Crippen LogP contribution in [-0.2, 0) is 33.4 Å². The second kappa shape index (κ2) is 10.3. The van der Waals surface area contributed by atoms with E-state index in [9.17, 15) is 39.6 Å². The van der Waals surface area contributed by atoms with Gasteiger partial charge < -0.3 is 9.42 Å². The van der Waals surface area contributed by atoms with Crippen LogP contribution in [0.25, 0.3) is 11.4 Å². The molecule has 0 spiro atoms. The first-order chi connectivity index (χ1) is 17.7. The van der Waals surface area contributed by atoms with Gasteiger partial charge in [0.1, 0.15) is 0 Å². The Kier molecular flexibility index (Phi) is 7.50. The Balaban J connectivity index is 1.54. The van der Waals surface area contributed by atoms with Gasteiger partial charge in [0, 0.05) is 30.5 Å². The highest BCUT2D eigenvalue weighted by molar-refractivity contribution is 7.91. The summed E-state index contributed by atoms with van der Waals surface area (Å²) in [5.74, 6) is -3.81. The van der Waals surface area contributed by atoms with Crippen LogP contribution in [0.5, 0.6) is 0 Å². The fourth-order valence-electron chi connectivity index (χ4n) is 3.97. The monoisotopic (exact) mass is 562 g/mol. The fraction of sp³-hybridized carbons (Fsp3) is 0.391. The molecule has 0 aliphatic carbocycles. The maximum atomic E-state index is 13.3. The number of nitrogens with zero attached hydrogens (tertiary/aromatic N) is 4. The first-order valence-electron chi connectivity index (χ1n) is 11.3. The van der Waals surface area contributed by atoms with Crippen molar-refractivity contribution in [2.24, 2.45) is 0 Å². The van der Waals surface area contributed by atoms with Crippen LogP contribution in [0.2, 0.25) is 0 Å². The molecule has 1 atom stereocenters. The van der Waals surface area contributed by atoms with Gasteiger partial charge in [0.25, 0.3) is 0 Å². The van der Waals surface area contributed by atoms with Crippen LogP contribution in [-0.4, -0.2) is 58.9 Å². The van der Waals surface area contributed by atoms with Crippen LogP contribution in [0.15, 0.2) is 47.1 Å². The van der Waals surface area contributed by atoms with E-state index in [1.54, 1.807) is 0 Å². The molecule has 1 aromatic carbocycles. The van der Waals surface area contributed by atoms with Gasteiger partial charge >= 0.3 is 18.2 Å². The molecule has 4 rings (SSSR count). The van der Waals surface area contributed by atoms with Crippen LogP contribution < -0.4 is 0 Å². The van der Waals surface area contributed by atoms with Crippen molar-refractivity contribution in [3.63, 3.8) is 0 Å². The minimum atomic E-state index is -4.80. The van der Waals surface area contributed by atoms with Crippen LogP contribution in [0.4, 0.5) is 26.3 Å². The van der Waals surface area contributed by atoms with Gasteiger partial charge in [0.05, 0.1) is 23.0 Å². The van der Waals surface area contributed by atoms with Crippen molar-refractivity contribution in [2.45, 2.75) is 31.1 Å². The Labute approximate surface area is 212 Å². The third-order valence-corrected chi connectivity index (χ3v) is 7.62. The third kappa shape index (κ3) is 6.49. The van der Waals surface area contributed by atoms with Gasteiger partial charge in [-0.05, 0) is 36.6 Å². The van der Waals surface area contributed by atoms with Gasteiger partial charge in [0.2, 0.25) is 11.7 Å². The molecule has 1 aliphatic heterocycles. The summed E-state index contributed by atoms with van der Waals surface area (Å²) in [5, 5.41) is 3.28. The number of sulfone groups is 1. The van der Waals surface area contributed by atoms with Crippen molar-refractivity contribution in [2.75, 3.05) is 24.6 Å². The summed E-state index contributed by atoms with van der Waals surface area (Å²) in [6, 6.07) is 7.27. The molecule has 0 N–H and O–H groups in total. The number of carbonyl (C=O) groups excluding carboxylic acids is 1. The van der Waals surface area contributed by atoms with E-state index in [0.717, 1.165) is 12.1 Å². The summed E-state index contributed by atoms with van der Waals surface area (Å²) < 4.78 is 106. The number of carbonyl (C=O) groups is 1. The van der Waals surface area contributed by atoms with Crippen LogP contribution in [0.3, 0.4) is 0 Å². The predicted octanol–water partition coefficient (Wildman–Crippen LogP) is 4.14. The van der Waals surface area contributed by atoms with E-state index in [1.165, 1.54) is 35.4 Å². The Bertz CT molecular complexity index is 1390. The lowest BCUT2D eigenvalue weighted by Gasteiger charge is -2.30. The van der Waals surface area contributed by atoms with Crippen LogP contribution >= 0.6 is 0 Å².